The molecule has 0 aromatic carbocycles. The minimum absolute atomic E-state index is 0.0377. The van der Waals surface area contributed by atoms with Gasteiger partial charge in [-0.3, -0.25) is 9.78 Å². The summed E-state index contributed by atoms with van der Waals surface area (Å²) in [5, 5.41) is 2.87. The molecular formula is C8H6N4O3. The monoisotopic (exact) mass is 206 g/mol. The standard InChI is InChI=1S/C8H6N4O3/c1-15-8(14)6-2-5(3-10-4-6)7(13)11-12-9/h2-4H,1H3. The minimum Gasteiger partial charge on any atom is -0.465 e. The van der Waals surface area contributed by atoms with E-state index in [4.69, 9.17) is 5.53 Å². The Hall–Kier alpha value is -2.40. The van der Waals surface area contributed by atoms with Crippen LogP contribution in [0.5, 0.6) is 0 Å². The van der Waals surface area contributed by atoms with Gasteiger partial charge in [0.05, 0.1) is 12.7 Å². The molecule has 7 heteroatoms. The maximum absolute atomic E-state index is 11.1. The molecule has 1 heterocycles. The lowest BCUT2D eigenvalue weighted by Crippen LogP contribution is -2.04. The molecule has 0 atom stereocenters. The SMILES string of the molecule is COC(=O)c1cncc(C(=O)N=[N+]=[N-])c1. The summed E-state index contributed by atoms with van der Waals surface area (Å²) >= 11 is 0. The van der Waals surface area contributed by atoms with E-state index < -0.39 is 11.9 Å². The fourth-order valence-corrected chi connectivity index (χ4v) is 0.885. The molecule has 0 fully saturated rings. The summed E-state index contributed by atoms with van der Waals surface area (Å²) in [5.41, 5.74) is 8.21. The van der Waals surface area contributed by atoms with Crippen LogP contribution in [0.1, 0.15) is 20.7 Å². The number of amides is 1. The molecule has 0 bridgehead atoms. The maximum Gasteiger partial charge on any atom is 0.339 e. The summed E-state index contributed by atoms with van der Waals surface area (Å²) in [5.74, 6) is -1.41. The fraction of sp³-hybridized carbons (Fsp3) is 0.125. The van der Waals surface area contributed by atoms with Gasteiger partial charge in [-0.25, -0.2) is 4.79 Å². The van der Waals surface area contributed by atoms with Gasteiger partial charge in [-0.15, -0.1) is 0 Å². The molecule has 0 aliphatic rings. The molecule has 1 amide bonds. The van der Waals surface area contributed by atoms with Crippen molar-refractivity contribution in [3.63, 3.8) is 0 Å². The van der Waals surface area contributed by atoms with Crippen molar-refractivity contribution >= 4 is 11.9 Å². The molecule has 0 aliphatic heterocycles. The van der Waals surface area contributed by atoms with Crippen LogP contribution in [0.2, 0.25) is 0 Å². The number of carbonyl (C=O) groups excluding carboxylic acids is 2. The zero-order chi connectivity index (χ0) is 11.3. The number of rotatable bonds is 2. The lowest BCUT2D eigenvalue weighted by atomic mass is 10.2. The molecule has 0 spiro atoms. The van der Waals surface area contributed by atoms with Crippen LogP contribution in [0.25, 0.3) is 10.4 Å². The molecule has 0 unspecified atom stereocenters. The van der Waals surface area contributed by atoms with Gasteiger partial charge >= 0.3 is 5.97 Å². The highest BCUT2D eigenvalue weighted by atomic mass is 16.5. The van der Waals surface area contributed by atoms with Crippen molar-refractivity contribution in [3.8, 4) is 0 Å². The highest BCUT2D eigenvalue weighted by Gasteiger charge is 2.09. The van der Waals surface area contributed by atoms with E-state index in [1.165, 1.54) is 25.6 Å². The number of hydrogen-bond donors (Lipinski definition) is 0. The molecule has 7 nitrogen and oxygen atoms in total. The van der Waals surface area contributed by atoms with Gasteiger partial charge in [0.1, 0.15) is 0 Å². The Bertz CT molecular complexity index is 451. The molecule has 0 aliphatic carbocycles. The summed E-state index contributed by atoms with van der Waals surface area (Å²) in [6, 6.07) is 1.25. The Labute approximate surface area is 84.3 Å². The normalized spacial score (nSPS) is 8.87. The number of ether oxygens (including phenoxy) is 1. The molecule has 0 saturated heterocycles. The Morgan fingerprint density at radius 3 is 2.73 bits per heavy atom. The topological polar surface area (TPSA) is 105 Å². The van der Waals surface area contributed by atoms with Crippen molar-refractivity contribution in [1.29, 1.82) is 0 Å². The van der Waals surface area contributed by atoms with Gasteiger partial charge in [-0.05, 0) is 16.7 Å². The van der Waals surface area contributed by atoms with Gasteiger partial charge in [0.2, 0.25) is 0 Å². The summed E-state index contributed by atoms with van der Waals surface area (Å²) in [6.45, 7) is 0. The largest absolute Gasteiger partial charge is 0.465 e. The Morgan fingerprint density at radius 2 is 2.13 bits per heavy atom. The minimum atomic E-state index is -0.796. The predicted molar refractivity (Wildman–Crippen MR) is 49.1 cm³/mol. The van der Waals surface area contributed by atoms with Crippen molar-refractivity contribution < 1.29 is 14.3 Å². The van der Waals surface area contributed by atoms with Crippen LogP contribution >= 0.6 is 0 Å². The van der Waals surface area contributed by atoms with E-state index in [1.54, 1.807) is 0 Å². The van der Waals surface area contributed by atoms with Gasteiger partial charge in [0, 0.05) is 22.9 Å². The van der Waals surface area contributed by atoms with E-state index in [2.05, 4.69) is 19.7 Å². The second-order valence-electron chi connectivity index (χ2n) is 2.45. The zero-order valence-electron chi connectivity index (χ0n) is 7.75. The van der Waals surface area contributed by atoms with Crippen LogP contribution in [0, 0.1) is 0 Å². The van der Waals surface area contributed by atoms with Gasteiger partial charge < -0.3 is 4.74 Å². The summed E-state index contributed by atoms with van der Waals surface area (Å²) in [6.07, 6.45) is 2.45. The smallest absolute Gasteiger partial charge is 0.339 e. The van der Waals surface area contributed by atoms with Crippen LogP contribution in [-0.2, 0) is 4.74 Å². The number of methoxy groups -OCH3 is 1. The van der Waals surface area contributed by atoms with Gasteiger partial charge in [0.15, 0.2) is 0 Å². The molecule has 1 rings (SSSR count). The van der Waals surface area contributed by atoms with Crippen LogP contribution in [-0.4, -0.2) is 24.0 Å². The Balaban J connectivity index is 3.07. The van der Waals surface area contributed by atoms with Crippen LogP contribution in [0.4, 0.5) is 0 Å². The van der Waals surface area contributed by atoms with E-state index in [0.29, 0.717) is 0 Å². The van der Waals surface area contributed by atoms with E-state index in [-0.39, 0.29) is 11.1 Å². The molecule has 15 heavy (non-hydrogen) atoms. The fourth-order valence-electron chi connectivity index (χ4n) is 0.885. The number of pyridine rings is 1. The third kappa shape index (κ3) is 2.52. The highest BCUT2D eigenvalue weighted by Crippen LogP contribution is 2.05. The second-order valence-corrected chi connectivity index (χ2v) is 2.45. The first kappa shape index (κ1) is 10.7. The average Bonchev–Trinajstić information content (AvgIpc) is 2.28. The number of esters is 1. The third-order valence-electron chi connectivity index (χ3n) is 1.54. The highest BCUT2D eigenvalue weighted by molar-refractivity contribution is 5.97. The van der Waals surface area contributed by atoms with Crippen LogP contribution in [0.15, 0.2) is 23.6 Å². The quantitative estimate of drug-likeness (QED) is 0.315. The van der Waals surface area contributed by atoms with E-state index in [0.717, 1.165) is 0 Å². The summed E-state index contributed by atoms with van der Waals surface area (Å²) in [7, 11) is 1.21. The number of azide groups is 1. The first-order valence-corrected chi connectivity index (χ1v) is 3.82. The maximum atomic E-state index is 11.1. The number of aromatic nitrogens is 1. The van der Waals surface area contributed by atoms with E-state index in [9.17, 15) is 9.59 Å². The van der Waals surface area contributed by atoms with Crippen LogP contribution < -0.4 is 0 Å². The molecule has 1 aromatic heterocycles. The lowest BCUT2D eigenvalue weighted by Gasteiger charge is -1.99. The van der Waals surface area contributed by atoms with Crippen molar-refractivity contribution in [2.24, 2.45) is 5.11 Å². The lowest BCUT2D eigenvalue weighted by molar-refractivity contribution is 0.0600. The van der Waals surface area contributed by atoms with Crippen molar-refractivity contribution in [3.05, 3.63) is 40.0 Å². The number of carbonyl (C=O) groups is 2. The predicted octanol–water partition coefficient (Wildman–Crippen LogP) is 1.32. The van der Waals surface area contributed by atoms with Crippen molar-refractivity contribution in [2.45, 2.75) is 0 Å². The number of hydrogen-bond acceptors (Lipinski definition) is 4. The average molecular weight is 206 g/mol. The molecular weight excluding hydrogens is 200 g/mol. The van der Waals surface area contributed by atoms with Gasteiger partial charge in [-0.2, -0.15) is 0 Å². The Kier molecular flexibility index (Phi) is 3.37. The molecule has 0 saturated carbocycles. The summed E-state index contributed by atoms with van der Waals surface area (Å²) in [4.78, 5) is 28.2. The third-order valence-corrected chi connectivity index (χ3v) is 1.54. The second kappa shape index (κ2) is 4.73. The number of nitrogens with zero attached hydrogens (tertiary/aromatic N) is 4. The van der Waals surface area contributed by atoms with E-state index in [1.807, 2.05) is 0 Å². The van der Waals surface area contributed by atoms with Crippen molar-refractivity contribution in [2.75, 3.05) is 7.11 Å². The summed E-state index contributed by atoms with van der Waals surface area (Å²) < 4.78 is 4.44. The molecule has 0 N–H and O–H groups in total. The van der Waals surface area contributed by atoms with E-state index >= 15 is 0 Å². The van der Waals surface area contributed by atoms with Gasteiger partial charge in [0.25, 0.3) is 5.91 Å². The van der Waals surface area contributed by atoms with Crippen LogP contribution in [0.3, 0.4) is 0 Å². The molecule has 76 valence electrons. The van der Waals surface area contributed by atoms with Crippen molar-refractivity contribution in [1.82, 2.24) is 4.98 Å². The first-order valence-electron chi connectivity index (χ1n) is 3.82. The Morgan fingerprint density at radius 1 is 1.47 bits per heavy atom. The zero-order valence-corrected chi connectivity index (χ0v) is 7.75. The van der Waals surface area contributed by atoms with Gasteiger partial charge in [-0.1, -0.05) is 0 Å². The molecule has 0 radical (unpaired) electrons. The molecule has 1 aromatic rings. The first-order chi connectivity index (χ1) is 7.19.